The molecular weight excluding hydrogens is 266 g/mol. The van der Waals surface area contributed by atoms with Crippen LogP contribution < -0.4 is 5.32 Å². The lowest BCUT2D eigenvalue weighted by molar-refractivity contribution is 0.110. The molecule has 0 unspecified atom stereocenters. The van der Waals surface area contributed by atoms with Crippen molar-refractivity contribution in [3.05, 3.63) is 33.8 Å². The van der Waals surface area contributed by atoms with Gasteiger partial charge in [-0.05, 0) is 37.0 Å². The Hall–Kier alpha value is -0.380. The van der Waals surface area contributed by atoms with Gasteiger partial charge in [-0.15, -0.1) is 0 Å². The normalized spacial score (nSPS) is 20.2. The molecule has 1 atom stereocenters. The zero-order valence-corrected chi connectivity index (χ0v) is 11.2. The van der Waals surface area contributed by atoms with Gasteiger partial charge in [0, 0.05) is 24.2 Å². The molecule has 1 fully saturated rings. The van der Waals surface area contributed by atoms with Gasteiger partial charge >= 0.3 is 0 Å². The lowest BCUT2D eigenvalue weighted by Crippen LogP contribution is -2.25. The maximum Gasteiger partial charge on any atom is 0.0700 e. The third kappa shape index (κ3) is 3.30. The molecule has 1 N–H and O–H groups in total. The molecule has 1 aliphatic rings. The van der Waals surface area contributed by atoms with Crippen molar-refractivity contribution in [2.45, 2.75) is 32.4 Å². The number of hydrogen-bond donors (Lipinski definition) is 1. The Morgan fingerprint density at radius 3 is 3.06 bits per heavy atom. The highest BCUT2D eigenvalue weighted by Crippen LogP contribution is 2.18. The van der Waals surface area contributed by atoms with Crippen LogP contribution in [0.15, 0.2) is 22.7 Å². The van der Waals surface area contributed by atoms with Gasteiger partial charge in [-0.25, -0.2) is 0 Å². The maximum atomic E-state index is 5.57. The topological polar surface area (TPSA) is 21.3 Å². The van der Waals surface area contributed by atoms with E-state index >= 15 is 0 Å². The number of halogens is 1. The second kappa shape index (κ2) is 5.80. The second-order valence-corrected chi connectivity index (χ2v) is 5.22. The first-order valence-corrected chi connectivity index (χ1v) is 6.62. The fourth-order valence-corrected chi connectivity index (χ4v) is 2.60. The minimum atomic E-state index is 0.421. The van der Waals surface area contributed by atoms with Gasteiger partial charge in [-0.1, -0.05) is 28.1 Å². The van der Waals surface area contributed by atoms with Crippen LogP contribution in [-0.2, 0) is 11.3 Å². The van der Waals surface area contributed by atoms with Crippen LogP contribution in [0.3, 0.4) is 0 Å². The van der Waals surface area contributed by atoms with Crippen LogP contribution in [-0.4, -0.2) is 19.3 Å². The van der Waals surface area contributed by atoms with Gasteiger partial charge < -0.3 is 10.1 Å². The Bertz CT molecular complexity index is 348. The summed E-state index contributed by atoms with van der Waals surface area (Å²) < 4.78 is 6.75. The second-order valence-electron chi connectivity index (χ2n) is 4.36. The molecule has 0 amide bonds. The summed E-state index contributed by atoms with van der Waals surface area (Å²) >= 11 is 3.59. The summed E-state index contributed by atoms with van der Waals surface area (Å²) in [4.78, 5) is 0. The molecule has 1 saturated heterocycles. The van der Waals surface area contributed by atoms with Gasteiger partial charge in [0.15, 0.2) is 0 Å². The minimum absolute atomic E-state index is 0.421. The summed E-state index contributed by atoms with van der Waals surface area (Å²) in [7, 11) is 0. The number of rotatable bonds is 4. The highest BCUT2D eigenvalue weighted by molar-refractivity contribution is 9.10. The van der Waals surface area contributed by atoms with Crippen molar-refractivity contribution in [1.82, 2.24) is 5.32 Å². The molecule has 88 valence electrons. The summed E-state index contributed by atoms with van der Waals surface area (Å²) in [6.45, 7) is 4.90. The number of ether oxygens (including phenoxy) is 1. The van der Waals surface area contributed by atoms with Gasteiger partial charge in [-0.3, -0.25) is 0 Å². The van der Waals surface area contributed by atoms with E-state index in [-0.39, 0.29) is 0 Å². The van der Waals surface area contributed by atoms with Crippen molar-refractivity contribution >= 4 is 15.9 Å². The predicted molar refractivity (Wildman–Crippen MR) is 69.6 cm³/mol. The van der Waals surface area contributed by atoms with Crippen molar-refractivity contribution in [2.75, 3.05) is 13.2 Å². The van der Waals surface area contributed by atoms with Gasteiger partial charge in [0.2, 0.25) is 0 Å². The molecule has 0 radical (unpaired) electrons. The molecule has 0 bridgehead atoms. The molecule has 0 aromatic heterocycles. The maximum absolute atomic E-state index is 5.57. The third-order valence-electron chi connectivity index (χ3n) is 2.92. The first kappa shape index (κ1) is 12.1. The van der Waals surface area contributed by atoms with E-state index in [4.69, 9.17) is 4.74 Å². The molecule has 2 nitrogen and oxygen atoms in total. The summed E-state index contributed by atoms with van der Waals surface area (Å²) in [5.41, 5.74) is 2.60. The van der Waals surface area contributed by atoms with E-state index < -0.39 is 0 Å². The highest BCUT2D eigenvalue weighted by atomic mass is 79.9. The van der Waals surface area contributed by atoms with Crippen LogP contribution in [0.25, 0.3) is 0 Å². The molecule has 0 spiro atoms. The number of benzene rings is 1. The number of aryl methyl sites for hydroxylation is 1. The van der Waals surface area contributed by atoms with Crippen molar-refractivity contribution in [3.8, 4) is 0 Å². The number of hydrogen-bond acceptors (Lipinski definition) is 2. The Labute approximate surface area is 106 Å². The van der Waals surface area contributed by atoms with E-state index in [0.717, 1.165) is 19.7 Å². The number of nitrogens with one attached hydrogen (secondary N) is 1. The van der Waals surface area contributed by atoms with Crippen LogP contribution in [0.1, 0.15) is 24.0 Å². The highest BCUT2D eigenvalue weighted by Gasteiger charge is 2.14. The quantitative estimate of drug-likeness (QED) is 0.917. The molecule has 1 aromatic rings. The Morgan fingerprint density at radius 1 is 1.50 bits per heavy atom. The Kier molecular flexibility index (Phi) is 4.38. The van der Waals surface area contributed by atoms with E-state index in [0.29, 0.717) is 6.10 Å². The SMILES string of the molecule is Cc1ccc(CNC[C@@H]2CCCO2)c(Br)c1. The predicted octanol–water partition coefficient (Wildman–Crippen LogP) is 3.03. The monoisotopic (exact) mass is 283 g/mol. The van der Waals surface area contributed by atoms with Crippen molar-refractivity contribution < 1.29 is 4.74 Å². The minimum Gasteiger partial charge on any atom is -0.377 e. The third-order valence-corrected chi connectivity index (χ3v) is 3.66. The molecule has 16 heavy (non-hydrogen) atoms. The molecule has 1 aliphatic heterocycles. The van der Waals surface area contributed by atoms with E-state index in [1.165, 1.54) is 28.4 Å². The zero-order chi connectivity index (χ0) is 11.4. The Balaban J connectivity index is 1.80. The van der Waals surface area contributed by atoms with Crippen molar-refractivity contribution in [1.29, 1.82) is 0 Å². The molecule has 1 aromatic carbocycles. The van der Waals surface area contributed by atoms with Crippen LogP contribution in [0, 0.1) is 6.92 Å². The average Bonchev–Trinajstić information content (AvgIpc) is 2.74. The van der Waals surface area contributed by atoms with E-state index in [1.54, 1.807) is 0 Å². The van der Waals surface area contributed by atoms with Crippen LogP contribution in [0.4, 0.5) is 0 Å². The Morgan fingerprint density at radius 2 is 2.38 bits per heavy atom. The summed E-state index contributed by atoms with van der Waals surface area (Å²) in [5, 5.41) is 3.45. The first-order chi connectivity index (χ1) is 7.75. The average molecular weight is 284 g/mol. The van der Waals surface area contributed by atoms with Gasteiger partial charge in [0.1, 0.15) is 0 Å². The van der Waals surface area contributed by atoms with E-state index in [9.17, 15) is 0 Å². The molecule has 0 aliphatic carbocycles. The summed E-state index contributed by atoms with van der Waals surface area (Å²) in [6, 6.07) is 6.47. The molecule has 1 heterocycles. The summed E-state index contributed by atoms with van der Waals surface area (Å²) in [5.74, 6) is 0. The zero-order valence-electron chi connectivity index (χ0n) is 9.63. The van der Waals surface area contributed by atoms with Gasteiger partial charge in [0.25, 0.3) is 0 Å². The molecule has 2 rings (SSSR count). The largest absolute Gasteiger partial charge is 0.377 e. The summed E-state index contributed by atoms with van der Waals surface area (Å²) in [6.07, 6.45) is 2.83. The standard InChI is InChI=1S/C13H18BrNO/c1-10-4-5-11(13(14)7-10)8-15-9-12-3-2-6-16-12/h4-5,7,12,15H,2-3,6,8-9H2,1H3/t12-/m0/s1. The van der Waals surface area contributed by atoms with E-state index in [1.807, 2.05) is 0 Å². The van der Waals surface area contributed by atoms with Crippen molar-refractivity contribution in [3.63, 3.8) is 0 Å². The van der Waals surface area contributed by atoms with Gasteiger partial charge in [-0.2, -0.15) is 0 Å². The van der Waals surface area contributed by atoms with Crippen LogP contribution >= 0.6 is 15.9 Å². The lowest BCUT2D eigenvalue weighted by atomic mass is 10.1. The lowest BCUT2D eigenvalue weighted by Gasteiger charge is -2.11. The first-order valence-electron chi connectivity index (χ1n) is 5.83. The van der Waals surface area contributed by atoms with Crippen LogP contribution in [0.2, 0.25) is 0 Å². The molecule has 3 heteroatoms. The van der Waals surface area contributed by atoms with Crippen LogP contribution in [0.5, 0.6) is 0 Å². The van der Waals surface area contributed by atoms with Crippen molar-refractivity contribution in [2.24, 2.45) is 0 Å². The smallest absolute Gasteiger partial charge is 0.0700 e. The van der Waals surface area contributed by atoms with Gasteiger partial charge in [0.05, 0.1) is 6.10 Å². The molecular formula is C13H18BrNO. The fourth-order valence-electron chi connectivity index (χ4n) is 1.97. The van der Waals surface area contributed by atoms with E-state index in [2.05, 4.69) is 46.4 Å². The fraction of sp³-hybridized carbons (Fsp3) is 0.538. The molecule has 0 saturated carbocycles.